The van der Waals surface area contributed by atoms with Crippen molar-refractivity contribution in [3.8, 4) is 0 Å². The lowest BCUT2D eigenvalue weighted by Gasteiger charge is -2.27. The van der Waals surface area contributed by atoms with E-state index in [1.54, 1.807) is 6.07 Å². The first-order chi connectivity index (χ1) is 9.96. The van der Waals surface area contributed by atoms with Crippen molar-refractivity contribution in [1.29, 1.82) is 0 Å². The van der Waals surface area contributed by atoms with Gasteiger partial charge in [0.2, 0.25) is 0 Å². The van der Waals surface area contributed by atoms with Crippen LogP contribution in [0.3, 0.4) is 0 Å². The highest BCUT2D eigenvalue weighted by Gasteiger charge is 2.18. The third-order valence-electron chi connectivity index (χ3n) is 3.35. The molecule has 0 amide bonds. The number of nitrogens with zero attached hydrogens (tertiary/aromatic N) is 1. The molecule has 2 N–H and O–H groups in total. The van der Waals surface area contributed by atoms with Gasteiger partial charge in [-0.15, -0.1) is 0 Å². The average Bonchev–Trinajstić information content (AvgIpc) is 2.46. The maximum atomic E-state index is 11.0. The maximum absolute atomic E-state index is 11.0. The highest BCUT2D eigenvalue weighted by Crippen LogP contribution is 2.19. The predicted molar refractivity (Wildman–Crippen MR) is 83.7 cm³/mol. The van der Waals surface area contributed by atoms with Gasteiger partial charge in [0, 0.05) is 11.7 Å². The highest BCUT2D eigenvalue weighted by atomic mass is 16.4. The fourth-order valence-corrected chi connectivity index (χ4v) is 2.14. The van der Waals surface area contributed by atoms with Crippen LogP contribution in [-0.4, -0.2) is 21.6 Å². The number of anilines is 1. The van der Waals surface area contributed by atoms with Crippen molar-refractivity contribution in [3.05, 3.63) is 59.8 Å². The molecule has 21 heavy (non-hydrogen) atoms. The van der Waals surface area contributed by atoms with Gasteiger partial charge in [-0.05, 0) is 44.4 Å². The van der Waals surface area contributed by atoms with Crippen LogP contribution in [0.4, 0.5) is 5.82 Å². The molecule has 0 fully saturated rings. The van der Waals surface area contributed by atoms with Gasteiger partial charge in [0.1, 0.15) is 5.82 Å². The molecular formula is C17H20N2O2. The van der Waals surface area contributed by atoms with Crippen LogP contribution in [0.2, 0.25) is 0 Å². The van der Waals surface area contributed by atoms with Crippen molar-refractivity contribution < 1.29 is 9.90 Å². The fourth-order valence-electron chi connectivity index (χ4n) is 2.14. The summed E-state index contributed by atoms with van der Waals surface area (Å²) in [5.41, 5.74) is 1.37. The zero-order chi connectivity index (χ0) is 15.3. The molecule has 2 rings (SSSR count). The summed E-state index contributed by atoms with van der Waals surface area (Å²) in [6.45, 7) is 4.18. The number of pyridine rings is 1. The zero-order valence-corrected chi connectivity index (χ0v) is 12.3. The van der Waals surface area contributed by atoms with E-state index in [1.807, 2.05) is 18.2 Å². The number of hydrogen-bond acceptors (Lipinski definition) is 3. The fraction of sp³-hybridized carbons (Fsp3) is 0.294. The molecule has 0 atom stereocenters. The van der Waals surface area contributed by atoms with Gasteiger partial charge in [0.05, 0.1) is 5.56 Å². The molecule has 0 unspecified atom stereocenters. The van der Waals surface area contributed by atoms with Gasteiger partial charge >= 0.3 is 5.97 Å². The number of carboxylic acids is 1. The van der Waals surface area contributed by atoms with E-state index in [0.717, 1.165) is 12.8 Å². The lowest BCUT2D eigenvalue weighted by Crippen LogP contribution is -2.32. The minimum absolute atomic E-state index is 0.167. The molecule has 0 aliphatic heterocycles. The first kappa shape index (κ1) is 15.0. The predicted octanol–water partition coefficient (Wildman–Crippen LogP) is 3.60. The van der Waals surface area contributed by atoms with E-state index < -0.39 is 5.97 Å². The Morgan fingerprint density at radius 2 is 1.95 bits per heavy atom. The summed E-state index contributed by atoms with van der Waals surface area (Å²) in [4.78, 5) is 15.2. The topological polar surface area (TPSA) is 62.2 Å². The Balaban J connectivity index is 2.00. The monoisotopic (exact) mass is 284 g/mol. The van der Waals surface area contributed by atoms with Crippen molar-refractivity contribution in [3.63, 3.8) is 0 Å². The maximum Gasteiger partial charge on any atom is 0.335 e. The normalized spacial score (nSPS) is 11.1. The molecule has 0 aliphatic rings. The van der Waals surface area contributed by atoms with Crippen molar-refractivity contribution in [2.75, 3.05) is 5.32 Å². The number of aryl methyl sites for hydroxylation is 1. The summed E-state index contributed by atoms with van der Waals surface area (Å²) >= 11 is 0. The van der Waals surface area contributed by atoms with Crippen LogP contribution in [0.1, 0.15) is 36.2 Å². The summed E-state index contributed by atoms with van der Waals surface area (Å²) in [5, 5.41) is 12.3. The summed E-state index contributed by atoms with van der Waals surface area (Å²) in [7, 11) is 0. The molecule has 0 saturated heterocycles. The molecule has 0 spiro atoms. The Bertz CT molecular complexity index is 609. The number of nitrogens with one attached hydrogen (secondary N) is 1. The third kappa shape index (κ3) is 4.60. The molecule has 0 bridgehead atoms. The molecular weight excluding hydrogens is 264 g/mol. The van der Waals surface area contributed by atoms with Crippen molar-refractivity contribution >= 4 is 11.8 Å². The van der Waals surface area contributed by atoms with E-state index in [4.69, 9.17) is 5.11 Å². The molecule has 0 saturated carbocycles. The molecule has 4 heteroatoms. The first-order valence-electron chi connectivity index (χ1n) is 6.98. The Kier molecular flexibility index (Phi) is 4.58. The second kappa shape index (κ2) is 6.39. The quantitative estimate of drug-likeness (QED) is 0.850. The van der Waals surface area contributed by atoms with Gasteiger partial charge in [-0.1, -0.05) is 30.3 Å². The van der Waals surface area contributed by atoms with Crippen LogP contribution in [0, 0.1) is 0 Å². The molecule has 110 valence electrons. The van der Waals surface area contributed by atoms with Crippen molar-refractivity contribution in [1.82, 2.24) is 4.98 Å². The lowest BCUT2D eigenvalue weighted by molar-refractivity contribution is 0.0697. The van der Waals surface area contributed by atoms with Gasteiger partial charge in [0.15, 0.2) is 0 Å². The molecule has 1 heterocycles. The smallest absolute Gasteiger partial charge is 0.335 e. The van der Waals surface area contributed by atoms with E-state index in [0.29, 0.717) is 5.82 Å². The number of aromatic carboxylic acids is 1. The van der Waals surface area contributed by atoms with E-state index >= 15 is 0 Å². The van der Waals surface area contributed by atoms with E-state index in [2.05, 4.69) is 36.3 Å². The number of carboxylic acid groups (broad SMARTS) is 1. The van der Waals surface area contributed by atoms with Crippen LogP contribution >= 0.6 is 0 Å². The minimum atomic E-state index is -0.942. The summed E-state index contributed by atoms with van der Waals surface area (Å²) in [6, 6.07) is 13.4. The molecule has 2 aromatic rings. The SMILES string of the molecule is CC(C)(CCc1ccccc1)Nc1cc(C(=O)O)ccn1. The lowest BCUT2D eigenvalue weighted by atomic mass is 9.95. The summed E-state index contributed by atoms with van der Waals surface area (Å²) in [6.07, 6.45) is 3.40. The number of hydrogen-bond donors (Lipinski definition) is 2. The van der Waals surface area contributed by atoms with Crippen molar-refractivity contribution in [2.45, 2.75) is 32.2 Å². The Morgan fingerprint density at radius 3 is 2.62 bits per heavy atom. The molecule has 1 aromatic heterocycles. The van der Waals surface area contributed by atoms with Gasteiger partial charge in [-0.3, -0.25) is 0 Å². The van der Waals surface area contributed by atoms with Gasteiger partial charge in [0.25, 0.3) is 0 Å². The van der Waals surface area contributed by atoms with Crippen LogP contribution in [0.15, 0.2) is 48.7 Å². The largest absolute Gasteiger partial charge is 0.478 e. The van der Waals surface area contributed by atoms with Crippen LogP contribution in [-0.2, 0) is 6.42 Å². The zero-order valence-electron chi connectivity index (χ0n) is 12.3. The Hall–Kier alpha value is -2.36. The highest BCUT2D eigenvalue weighted by molar-refractivity contribution is 5.88. The minimum Gasteiger partial charge on any atom is -0.478 e. The van der Waals surface area contributed by atoms with Gasteiger partial charge in [-0.25, -0.2) is 9.78 Å². The third-order valence-corrected chi connectivity index (χ3v) is 3.35. The van der Waals surface area contributed by atoms with Gasteiger partial charge in [-0.2, -0.15) is 0 Å². The molecule has 0 aliphatic carbocycles. The van der Waals surface area contributed by atoms with Crippen molar-refractivity contribution in [2.24, 2.45) is 0 Å². The standard InChI is InChI=1S/C17H20N2O2/c1-17(2,10-8-13-6-4-3-5-7-13)19-15-12-14(16(20)21)9-11-18-15/h3-7,9,11-12H,8,10H2,1-2H3,(H,18,19)(H,20,21). The molecule has 1 aromatic carbocycles. The number of benzene rings is 1. The molecule has 4 nitrogen and oxygen atoms in total. The first-order valence-corrected chi connectivity index (χ1v) is 6.98. The van der Waals surface area contributed by atoms with Crippen LogP contribution in [0.25, 0.3) is 0 Å². The van der Waals surface area contributed by atoms with E-state index in [1.165, 1.54) is 17.8 Å². The second-order valence-electron chi connectivity index (χ2n) is 5.73. The van der Waals surface area contributed by atoms with Crippen LogP contribution in [0.5, 0.6) is 0 Å². The summed E-state index contributed by atoms with van der Waals surface area (Å²) in [5.74, 6) is -0.351. The van der Waals surface area contributed by atoms with E-state index in [-0.39, 0.29) is 11.1 Å². The summed E-state index contributed by atoms with van der Waals surface area (Å²) < 4.78 is 0. The Morgan fingerprint density at radius 1 is 1.24 bits per heavy atom. The number of aromatic nitrogens is 1. The average molecular weight is 284 g/mol. The second-order valence-corrected chi connectivity index (χ2v) is 5.73. The van der Waals surface area contributed by atoms with Crippen LogP contribution < -0.4 is 5.32 Å². The van der Waals surface area contributed by atoms with Gasteiger partial charge < -0.3 is 10.4 Å². The number of carbonyl (C=O) groups is 1. The Labute approximate surface area is 124 Å². The number of rotatable bonds is 6. The molecule has 0 radical (unpaired) electrons. The van der Waals surface area contributed by atoms with E-state index in [9.17, 15) is 4.79 Å².